The fourth-order valence-corrected chi connectivity index (χ4v) is 2.81. The molecule has 0 radical (unpaired) electrons. The third-order valence-electron chi connectivity index (χ3n) is 3.97. The van der Waals surface area contributed by atoms with E-state index in [-0.39, 0.29) is 0 Å². The molecular weight excluding hydrogens is 278 g/mol. The first-order valence-corrected chi connectivity index (χ1v) is 7.71. The molecule has 3 rings (SSSR count). The van der Waals surface area contributed by atoms with Gasteiger partial charge in [0.2, 0.25) is 0 Å². The van der Waals surface area contributed by atoms with Crippen molar-refractivity contribution in [2.45, 2.75) is 20.8 Å². The van der Waals surface area contributed by atoms with Gasteiger partial charge in [0.25, 0.3) is 0 Å². The summed E-state index contributed by atoms with van der Waals surface area (Å²) in [5, 5.41) is 0. The number of pyridine rings is 1. The molecule has 1 heteroatoms. The van der Waals surface area contributed by atoms with Crippen LogP contribution < -0.4 is 0 Å². The van der Waals surface area contributed by atoms with Gasteiger partial charge in [0, 0.05) is 11.1 Å². The van der Waals surface area contributed by atoms with E-state index in [1.165, 1.54) is 11.1 Å². The Morgan fingerprint density at radius 1 is 0.826 bits per heavy atom. The lowest BCUT2D eigenvalue weighted by Gasteiger charge is -2.12. The lowest BCUT2D eigenvalue weighted by molar-refractivity contribution is 1.26. The number of nitrogens with zero attached hydrogens (tertiary/aromatic N) is 1. The van der Waals surface area contributed by atoms with Gasteiger partial charge in [-0.3, -0.25) is 0 Å². The van der Waals surface area contributed by atoms with Gasteiger partial charge >= 0.3 is 0 Å². The zero-order valence-corrected chi connectivity index (χ0v) is 13.7. The van der Waals surface area contributed by atoms with Crippen molar-refractivity contribution in [2.75, 3.05) is 0 Å². The SMILES string of the molecule is C#Cc1c(C)cc(-c2cccc(C)c2)nc1-c1cccc(C)c1. The smallest absolute Gasteiger partial charge is 0.0868 e. The number of hydrogen-bond donors (Lipinski definition) is 0. The quantitative estimate of drug-likeness (QED) is 0.583. The Balaban J connectivity index is 2.25. The monoisotopic (exact) mass is 297 g/mol. The average Bonchev–Trinajstić information content (AvgIpc) is 2.54. The maximum Gasteiger partial charge on any atom is 0.0868 e. The molecule has 0 amide bonds. The number of hydrogen-bond acceptors (Lipinski definition) is 1. The largest absolute Gasteiger partial charge is 0.246 e. The molecule has 0 atom stereocenters. The second kappa shape index (κ2) is 6.10. The van der Waals surface area contributed by atoms with E-state index in [1.807, 2.05) is 6.07 Å². The molecule has 0 N–H and O–H groups in total. The summed E-state index contributed by atoms with van der Waals surface area (Å²) in [6, 6.07) is 18.8. The van der Waals surface area contributed by atoms with Crippen LogP contribution in [0, 0.1) is 33.1 Å². The van der Waals surface area contributed by atoms with Crippen molar-refractivity contribution in [1.82, 2.24) is 4.98 Å². The minimum atomic E-state index is 0.868. The molecule has 1 nitrogen and oxygen atoms in total. The van der Waals surface area contributed by atoms with Crippen LogP contribution in [0.3, 0.4) is 0 Å². The maximum absolute atomic E-state index is 5.75. The second-order valence-electron chi connectivity index (χ2n) is 5.93. The van der Waals surface area contributed by atoms with E-state index in [0.29, 0.717) is 0 Å². The van der Waals surface area contributed by atoms with Gasteiger partial charge in [0.05, 0.1) is 17.0 Å². The van der Waals surface area contributed by atoms with Gasteiger partial charge in [-0.15, -0.1) is 6.42 Å². The van der Waals surface area contributed by atoms with E-state index < -0.39 is 0 Å². The molecule has 2 aromatic carbocycles. The molecule has 23 heavy (non-hydrogen) atoms. The Morgan fingerprint density at radius 2 is 1.43 bits per heavy atom. The molecule has 0 aliphatic heterocycles. The van der Waals surface area contributed by atoms with Crippen LogP contribution in [0.4, 0.5) is 0 Å². The van der Waals surface area contributed by atoms with E-state index in [9.17, 15) is 0 Å². The molecule has 0 saturated carbocycles. The van der Waals surface area contributed by atoms with Gasteiger partial charge in [-0.1, -0.05) is 53.4 Å². The topological polar surface area (TPSA) is 12.9 Å². The van der Waals surface area contributed by atoms with Crippen LogP contribution >= 0.6 is 0 Å². The molecule has 0 aliphatic carbocycles. The zero-order valence-electron chi connectivity index (χ0n) is 13.7. The molecular formula is C22H19N. The summed E-state index contributed by atoms with van der Waals surface area (Å²) in [5.74, 6) is 2.81. The van der Waals surface area contributed by atoms with Crippen molar-refractivity contribution in [3.63, 3.8) is 0 Å². The average molecular weight is 297 g/mol. The van der Waals surface area contributed by atoms with Crippen LogP contribution in [-0.4, -0.2) is 4.98 Å². The van der Waals surface area contributed by atoms with Crippen LogP contribution in [0.25, 0.3) is 22.5 Å². The highest BCUT2D eigenvalue weighted by molar-refractivity contribution is 5.74. The molecule has 0 bridgehead atoms. The Hall–Kier alpha value is -2.85. The van der Waals surface area contributed by atoms with Crippen molar-refractivity contribution in [1.29, 1.82) is 0 Å². The highest BCUT2D eigenvalue weighted by Crippen LogP contribution is 2.29. The highest BCUT2D eigenvalue weighted by atomic mass is 14.7. The number of aromatic nitrogens is 1. The van der Waals surface area contributed by atoms with E-state index in [2.05, 4.69) is 75.2 Å². The van der Waals surface area contributed by atoms with Crippen LogP contribution in [0.1, 0.15) is 22.3 Å². The predicted octanol–water partition coefficient (Wildman–Crippen LogP) is 5.32. The van der Waals surface area contributed by atoms with Crippen molar-refractivity contribution in [3.05, 3.63) is 76.9 Å². The normalized spacial score (nSPS) is 10.3. The van der Waals surface area contributed by atoms with Crippen molar-refractivity contribution < 1.29 is 0 Å². The third kappa shape index (κ3) is 3.03. The molecule has 0 spiro atoms. The van der Waals surface area contributed by atoms with E-state index in [1.54, 1.807) is 0 Å². The highest BCUT2D eigenvalue weighted by Gasteiger charge is 2.12. The Labute approximate surface area is 138 Å². The van der Waals surface area contributed by atoms with E-state index in [0.717, 1.165) is 33.6 Å². The molecule has 0 saturated heterocycles. The maximum atomic E-state index is 5.75. The second-order valence-corrected chi connectivity index (χ2v) is 5.93. The number of terminal acetylenes is 1. The molecule has 0 unspecified atom stereocenters. The van der Waals surface area contributed by atoms with Crippen LogP contribution in [-0.2, 0) is 0 Å². The van der Waals surface area contributed by atoms with Crippen LogP contribution in [0.5, 0.6) is 0 Å². The minimum absolute atomic E-state index is 0.868. The van der Waals surface area contributed by atoms with Crippen molar-refractivity contribution >= 4 is 0 Å². The first kappa shape index (κ1) is 15.1. The van der Waals surface area contributed by atoms with Crippen molar-refractivity contribution in [3.8, 4) is 34.9 Å². The van der Waals surface area contributed by atoms with Crippen molar-refractivity contribution in [2.24, 2.45) is 0 Å². The molecule has 0 aliphatic rings. The third-order valence-corrected chi connectivity index (χ3v) is 3.97. The molecule has 112 valence electrons. The number of benzene rings is 2. The van der Waals surface area contributed by atoms with Crippen LogP contribution in [0.2, 0.25) is 0 Å². The minimum Gasteiger partial charge on any atom is -0.246 e. The first-order valence-electron chi connectivity index (χ1n) is 7.71. The summed E-state index contributed by atoms with van der Waals surface area (Å²) in [4.78, 5) is 4.88. The predicted molar refractivity (Wildman–Crippen MR) is 97.3 cm³/mol. The molecule has 1 heterocycles. The fraction of sp³-hybridized carbons (Fsp3) is 0.136. The van der Waals surface area contributed by atoms with Gasteiger partial charge in [-0.05, 0) is 44.5 Å². The summed E-state index contributed by atoms with van der Waals surface area (Å²) < 4.78 is 0. The molecule has 1 aromatic heterocycles. The Morgan fingerprint density at radius 3 is 2.04 bits per heavy atom. The fourth-order valence-electron chi connectivity index (χ4n) is 2.81. The summed E-state index contributed by atoms with van der Waals surface area (Å²) in [5.41, 5.74) is 8.39. The lowest BCUT2D eigenvalue weighted by Crippen LogP contribution is -1.96. The molecule has 3 aromatic rings. The van der Waals surface area contributed by atoms with Gasteiger partial charge in [0.15, 0.2) is 0 Å². The standard InChI is InChI=1S/C22H19N/c1-5-20-17(4)14-21(18-10-6-8-15(2)12-18)23-22(20)19-11-7-9-16(3)13-19/h1,6-14H,2-4H3. The summed E-state index contributed by atoms with van der Waals surface area (Å²) >= 11 is 0. The van der Waals surface area contributed by atoms with Gasteiger partial charge < -0.3 is 0 Å². The summed E-state index contributed by atoms with van der Waals surface area (Å²) in [7, 11) is 0. The summed E-state index contributed by atoms with van der Waals surface area (Å²) in [6.07, 6.45) is 5.75. The zero-order chi connectivity index (χ0) is 16.4. The Bertz CT molecular complexity index is 913. The number of aryl methyl sites for hydroxylation is 3. The van der Waals surface area contributed by atoms with E-state index in [4.69, 9.17) is 11.4 Å². The first-order chi connectivity index (χ1) is 11.1. The van der Waals surface area contributed by atoms with Gasteiger partial charge in [-0.25, -0.2) is 4.98 Å². The number of rotatable bonds is 2. The summed E-state index contributed by atoms with van der Waals surface area (Å²) in [6.45, 7) is 6.22. The molecule has 0 fully saturated rings. The van der Waals surface area contributed by atoms with Gasteiger partial charge in [-0.2, -0.15) is 0 Å². The van der Waals surface area contributed by atoms with E-state index >= 15 is 0 Å². The van der Waals surface area contributed by atoms with Gasteiger partial charge in [0.1, 0.15) is 0 Å². The Kier molecular flexibility index (Phi) is 4.00. The lowest BCUT2D eigenvalue weighted by atomic mass is 9.98. The van der Waals surface area contributed by atoms with Crippen LogP contribution in [0.15, 0.2) is 54.6 Å².